The Morgan fingerprint density at radius 3 is 2.52 bits per heavy atom. The number of carbonyl (C=O) groups is 3. The fraction of sp³-hybridized carbons (Fsp3) is 0.423. The van der Waals surface area contributed by atoms with E-state index in [1.165, 1.54) is 4.90 Å². The number of aliphatic carboxylic acids is 1. The molecule has 2 aromatic rings. The van der Waals surface area contributed by atoms with Crippen molar-refractivity contribution in [3.05, 3.63) is 52.0 Å². The first-order chi connectivity index (χ1) is 18.9. The molecule has 0 aromatic heterocycles. The molecule has 0 saturated carbocycles. The number of hydrogen-bond donors (Lipinski definition) is 3. The number of methoxy groups -OCH3 is 1. The largest absolute Gasteiger partial charge is 0.497 e. The molecule has 2 aliphatic heterocycles. The first kappa shape index (κ1) is 29.1. The number of anilines is 2. The van der Waals surface area contributed by atoms with Crippen LogP contribution in [-0.2, 0) is 28.5 Å². The highest BCUT2D eigenvalue weighted by atomic mass is 35.5. The predicted octanol–water partition coefficient (Wildman–Crippen LogP) is 4.64. The zero-order valence-corrected chi connectivity index (χ0v) is 22.2. The Bertz CT molecular complexity index is 1300. The quantitative estimate of drug-likeness (QED) is 0.421. The zero-order chi connectivity index (χ0) is 29.2. The molecule has 40 heavy (non-hydrogen) atoms. The van der Waals surface area contributed by atoms with Gasteiger partial charge in [-0.1, -0.05) is 11.6 Å². The van der Waals surface area contributed by atoms with Gasteiger partial charge in [-0.25, -0.2) is 14.4 Å². The van der Waals surface area contributed by atoms with E-state index in [2.05, 4.69) is 5.32 Å². The van der Waals surface area contributed by atoms with Crippen LogP contribution >= 0.6 is 11.6 Å². The van der Waals surface area contributed by atoms with Gasteiger partial charge in [0.15, 0.2) is 0 Å². The van der Waals surface area contributed by atoms with Gasteiger partial charge in [0.25, 0.3) is 0 Å². The molecule has 0 bridgehead atoms. The maximum atomic E-state index is 13.3. The van der Waals surface area contributed by atoms with Crippen molar-refractivity contribution in [1.82, 2.24) is 9.80 Å². The van der Waals surface area contributed by atoms with Gasteiger partial charge in [-0.3, -0.25) is 0 Å². The van der Waals surface area contributed by atoms with Crippen molar-refractivity contribution < 1.29 is 42.1 Å². The maximum Gasteiger partial charge on any atom is 0.418 e. The molecule has 1 saturated heterocycles. The van der Waals surface area contributed by atoms with Gasteiger partial charge in [0.2, 0.25) is 6.10 Å². The van der Waals surface area contributed by atoms with E-state index in [-0.39, 0.29) is 35.7 Å². The van der Waals surface area contributed by atoms with Crippen molar-refractivity contribution in [2.45, 2.75) is 44.0 Å². The molecule has 1 atom stereocenters. The molecule has 0 aliphatic carbocycles. The van der Waals surface area contributed by atoms with Crippen LogP contribution in [0.5, 0.6) is 5.75 Å². The van der Waals surface area contributed by atoms with Gasteiger partial charge in [-0.05, 0) is 60.7 Å². The van der Waals surface area contributed by atoms with Crippen molar-refractivity contribution in [3.63, 3.8) is 0 Å². The van der Waals surface area contributed by atoms with Crippen LogP contribution in [-0.4, -0.2) is 71.9 Å². The molecule has 14 heteroatoms. The summed E-state index contributed by atoms with van der Waals surface area (Å²) in [6.07, 6.45) is -6.53. The Balaban J connectivity index is 1.36. The van der Waals surface area contributed by atoms with E-state index < -0.39 is 42.0 Å². The van der Waals surface area contributed by atoms with Gasteiger partial charge in [-0.2, -0.15) is 13.2 Å². The predicted molar refractivity (Wildman–Crippen MR) is 139 cm³/mol. The van der Waals surface area contributed by atoms with Gasteiger partial charge >= 0.3 is 24.3 Å². The third-order valence-electron chi connectivity index (χ3n) is 7.03. The van der Waals surface area contributed by atoms with Crippen molar-refractivity contribution in [2.75, 3.05) is 37.8 Å². The van der Waals surface area contributed by atoms with Gasteiger partial charge in [0, 0.05) is 37.8 Å². The van der Waals surface area contributed by atoms with Crippen LogP contribution in [0.2, 0.25) is 5.02 Å². The average Bonchev–Trinajstić information content (AvgIpc) is 3.07. The normalized spacial score (nSPS) is 17.0. The van der Waals surface area contributed by atoms with Gasteiger partial charge in [-0.15, -0.1) is 0 Å². The van der Waals surface area contributed by atoms with Crippen LogP contribution in [0, 0.1) is 0 Å². The molecule has 2 aliphatic rings. The summed E-state index contributed by atoms with van der Waals surface area (Å²) in [5.74, 6) is -0.838. The first-order valence-electron chi connectivity index (χ1n) is 12.5. The Morgan fingerprint density at radius 2 is 1.90 bits per heavy atom. The average molecular weight is 585 g/mol. The molecule has 4 N–H and O–H groups in total. The number of rotatable bonds is 6. The van der Waals surface area contributed by atoms with E-state index >= 15 is 0 Å². The second kappa shape index (κ2) is 11.7. The molecule has 1 fully saturated rings. The molecule has 4 rings (SSSR count). The standard InChI is InChI=1S/C26H28ClF3N4O6/c1-39-17-2-3-20-15(13-17)4-9-34(24(37)32-20)16-5-7-33(8-6-16)25(38)40-21(23(35)36)12-14-10-18(26(28,29)30)22(31)19(27)11-14/h2-3,10-11,13,16,21H,4-9,12,31H2,1H3,(H,32,37)(H,35,36). The van der Waals surface area contributed by atoms with Gasteiger partial charge in [0.1, 0.15) is 5.75 Å². The summed E-state index contributed by atoms with van der Waals surface area (Å²) in [7, 11) is 1.57. The Kier molecular flexibility index (Phi) is 8.52. The Hall–Kier alpha value is -3.87. The van der Waals surface area contributed by atoms with Crippen LogP contribution in [0.1, 0.15) is 29.5 Å². The fourth-order valence-corrected chi connectivity index (χ4v) is 5.12. The molecule has 0 radical (unpaired) electrons. The van der Waals surface area contributed by atoms with Gasteiger partial charge < -0.3 is 35.4 Å². The second-order valence-electron chi connectivity index (χ2n) is 9.57. The minimum absolute atomic E-state index is 0.101. The number of nitrogens with zero attached hydrogens (tertiary/aromatic N) is 2. The molecule has 216 valence electrons. The number of urea groups is 1. The smallest absolute Gasteiger partial charge is 0.418 e. The number of amides is 3. The Morgan fingerprint density at radius 1 is 1.20 bits per heavy atom. The molecule has 2 heterocycles. The second-order valence-corrected chi connectivity index (χ2v) is 9.97. The number of hydrogen-bond acceptors (Lipinski definition) is 6. The van der Waals surface area contributed by atoms with E-state index in [0.717, 1.165) is 11.6 Å². The number of carbonyl (C=O) groups excluding carboxylic acids is 2. The van der Waals surface area contributed by atoms with E-state index in [0.29, 0.717) is 43.3 Å². The lowest BCUT2D eigenvalue weighted by molar-refractivity contribution is -0.147. The molecule has 3 amide bonds. The fourth-order valence-electron chi connectivity index (χ4n) is 4.88. The minimum Gasteiger partial charge on any atom is -0.497 e. The molecule has 1 unspecified atom stereocenters. The monoisotopic (exact) mass is 584 g/mol. The highest BCUT2D eigenvalue weighted by Gasteiger charge is 2.36. The van der Waals surface area contributed by atoms with Crippen molar-refractivity contribution >= 4 is 41.1 Å². The highest BCUT2D eigenvalue weighted by molar-refractivity contribution is 6.33. The summed E-state index contributed by atoms with van der Waals surface area (Å²) in [4.78, 5) is 40.5. The van der Waals surface area contributed by atoms with Crippen molar-refractivity contribution in [2.24, 2.45) is 0 Å². The number of nitrogens with two attached hydrogens (primary N) is 1. The maximum absolute atomic E-state index is 13.3. The first-order valence-corrected chi connectivity index (χ1v) is 12.8. The molecular weight excluding hydrogens is 557 g/mol. The lowest BCUT2D eigenvalue weighted by atomic mass is 10.0. The number of likely N-dealkylation sites (tertiary alicyclic amines) is 1. The summed E-state index contributed by atoms with van der Waals surface area (Å²) in [5.41, 5.74) is 5.10. The summed E-state index contributed by atoms with van der Waals surface area (Å²) in [6, 6.07) is 6.82. The van der Waals surface area contributed by atoms with Crippen LogP contribution in [0.4, 0.5) is 34.1 Å². The minimum atomic E-state index is -4.80. The number of piperidine rings is 1. The van der Waals surface area contributed by atoms with E-state index in [9.17, 15) is 32.7 Å². The van der Waals surface area contributed by atoms with E-state index in [4.69, 9.17) is 26.8 Å². The number of fused-ring (bicyclic) bond motifs is 1. The number of ether oxygens (including phenoxy) is 2. The number of halogens is 4. The number of carboxylic acids is 1. The third-order valence-corrected chi connectivity index (χ3v) is 7.35. The van der Waals surface area contributed by atoms with Crippen LogP contribution in [0.15, 0.2) is 30.3 Å². The number of carboxylic acid groups (broad SMARTS) is 1. The van der Waals surface area contributed by atoms with E-state index in [1.807, 2.05) is 6.07 Å². The molecule has 0 spiro atoms. The lowest BCUT2D eigenvalue weighted by Gasteiger charge is -2.37. The number of nitrogen functional groups attached to an aromatic ring is 1. The topological polar surface area (TPSA) is 134 Å². The number of alkyl halides is 3. The summed E-state index contributed by atoms with van der Waals surface area (Å²) < 4.78 is 50.3. The molecule has 10 nitrogen and oxygen atoms in total. The highest BCUT2D eigenvalue weighted by Crippen LogP contribution is 2.38. The van der Waals surface area contributed by atoms with Crippen LogP contribution in [0.25, 0.3) is 0 Å². The zero-order valence-electron chi connectivity index (χ0n) is 21.5. The van der Waals surface area contributed by atoms with Crippen molar-refractivity contribution in [3.8, 4) is 5.75 Å². The summed E-state index contributed by atoms with van der Waals surface area (Å²) in [6.45, 7) is 0.866. The number of nitrogens with one attached hydrogen (secondary N) is 1. The van der Waals surface area contributed by atoms with Crippen LogP contribution in [0.3, 0.4) is 0 Å². The van der Waals surface area contributed by atoms with Gasteiger partial charge in [0.05, 0.1) is 23.4 Å². The van der Waals surface area contributed by atoms with E-state index in [1.54, 1.807) is 24.1 Å². The summed E-state index contributed by atoms with van der Waals surface area (Å²) >= 11 is 5.83. The SMILES string of the molecule is COc1ccc2c(c1)CCN(C1CCN(C(=O)OC(Cc3cc(Cl)c(N)c(C(F)(F)F)c3)C(=O)O)CC1)C(=O)N2. The summed E-state index contributed by atoms with van der Waals surface area (Å²) in [5, 5.41) is 12.1. The van der Waals surface area contributed by atoms with Crippen LogP contribution < -0.4 is 15.8 Å². The third kappa shape index (κ3) is 6.46. The Labute approximate surface area is 232 Å². The number of benzene rings is 2. The van der Waals surface area contributed by atoms with Crippen molar-refractivity contribution in [1.29, 1.82) is 0 Å². The molecular formula is C26H28ClF3N4O6. The molecule has 2 aromatic carbocycles. The lowest BCUT2D eigenvalue weighted by Crippen LogP contribution is -2.50.